The Hall–Kier alpha value is -12.5. The molecule has 10 aromatic rings. The number of ketones is 3. The zero-order valence-electron chi connectivity index (χ0n) is 85.5. The molecule has 42 nitrogen and oxygen atoms in total. The Morgan fingerprint density at radius 1 is 0.427 bits per heavy atom. The maximum atomic E-state index is 13.8. The van der Waals surface area contributed by atoms with Crippen LogP contribution in [0.25, 0.3) is 20.2 Å². The van der Waals surface area contributed by atoms with Crippen LogP contribution in [0.3, 0.4) is 0 Å². The van der Waals surface area contributed by atoms with E-state index in [9.17, 15) is 66.6 Å². The second-order valence-electron chi connectivity index (χ2n) is 28.0. The van der Waals surface area contributed by atoms with Crippen LogP contribution < -0.4 is 121 Å². The van der Waals surface area contributed by atoms with Gasteiger partial charge in [-0.25, -0.2) is 34.0 Å². The van der Waals surface area contributed by atoms with E-state index in [2.05, 4.69) is 35.2 Å². The Kier molecular flexibility index (Phi) is 82.6. The molecule has 16 N–H and O–H groups in total. The quantitative estimate of drug-likeness (QED) is 0.00162. The second-order valence-corrected chi connectivity index (χ2v) is 30.5. The Labute approximate surface area is 927 Å². The summed E-state index contributed by atoms with van der Waals surface area (Å²) in [5, 5.41) is 88.7. The Morgan fingerprint density at radius 3 is 1.03 bits per heavy atom. The molecule has 0 aliphatic heterocycles. The molecular formula is C102H136BrF2KN6O36S2. The van der Waals surface area contributed by atoms with Crippen LogP contribution in [0.5, 0.6) is 69.0 Å². The first-order valence-corrected chi connectivity index (χ1v) is 47.4. The van der Waals surface area contributed by atoms with Crippen molar-refractivity contribution >= 4 is 130 Å². The van der Waals surface area contributed by atoms with Crippen molar-refractivity contribution in [1.29, 1.82) is 0 Å². The Morgan fingerprint density at radius 2 is 0.727 bits per heavy atom. The van der Waals surface area contributed by atoms with Gasteiger partial charge in [-0.2, -0.15) is 5.10 Å². The fourth-order valence-electron chi connectivity index (χ4n) is 10.9. The van der Waals surface area contributed by atoms with Gasteiger partial charge in [0.05, 0.1) is 155 Å². The van der Waals surface area contributed by atoms with E-state index in [0.29, 0.717) is 124 Å². The summed E-state index contributed by atoms with van der Waals surface area (Å²) in [5.41, 5.74) is 13.1. The molecule has 48 heteroatoms. The summed E-state index contributed by atoms with van der Waals surface area (Å²) in [6, 6.07) is 37.0. The third-order valence-corrected chi connectivity index (χ3v) is 20.2. The van der Waals surface area contributed by atoms with Crippen LogP contribution in [-0.4, -0.2) is 315 Å². The minimum Gasteiger partial charge on any atom is -0.870 e. The standard InChI is InChI=1S/C23H23FN2O5S.C15H20O6.C14H20N2O5.C11H14O5.C10H12O5.C9H5FOS.C9H10O4.C4H9NO2.C2H5BrO.C2H7N.C2H6O.CH4.K.H2O/c1-26(25-13-16-14-32-23-17(16)4-3-5-18(23)24)22(29)9-7-19(28)15-6-8-20(31-11-10-27)21(12-15)30-2;1-3-20-15(18)7-5-12(17)11-4-6-13(21-9-8-16)14(10-11)19-2;1-16(15)14(19)6-4-11(18)10-3-5-12(21-8-7-17)13(9-10)20-2;1-14-10-7-8(11(13)15-2)3-4-9(10)16-6-5-12;1-14-9-6-7(10(12)13)2-3-8(9)15-5-4-11;10-8-3-1-2-7-6(4-11)5-12-9(7)8;1-12-8-5-6(9(11)13-2)3-4-7(8)10;1-2-7-4(6)3-5;3-1-2-4;2*1-2-3;;;/h3-6,8,12-14,27H,7,9-11H2,1-2H3;4,6,10,16H,3,5,7-9H2,1-2H3;3,5,9,17H,4,6-8,15H2,1-2H3;3-4,7,12H,5-6H2,1-2H3;2-3,6,11H,4-5H2,1H3,(H,12,13);1-5H;3-5,10H,1-2H3;2-3,5H2,1H3;4H,1-2H2;2-3H2,1H3;3H,2H2,1H3;1H4;;1H2/q;;;;;;;;;;;;+1;/p-1/b25-13+;;;;;;;;;;;;;. The summed E-state index contributed by atoms with van der Waals surface area (Å²) >= 11 is 5.53. The molecule has 0 aliphatic rings. The number of fused-ring (bicyclic) bond motifs is 2. The molecule has 0 radical (unpaired) electrons. The number of hydrazone groups is 1. The SMILES string of the molecule is C.CCN.CCO.CCOC(=O)CCC(=O)c1ccc(OCCO)c(OC)c1.CCOC(=O)CN.COC(=O)c1ccc(O)c(OC)c1.COC(=O)c1ccc(OCCO)c(OC)c1.COc1cc(C(=O)CCC(=O)N(C)/N=C/c2csc3c(F)cccc23)ccc1OCCO.COc1cc(C(=O)CCC(=O)N(C)N)ccc1OCCO.COc1cc(C(=O)O)ccc1OCCO.O=Cc1csc2c(F)cccc12.OCCBr.[K+].[OH-]. The normalized spacial score (nSPS) is 9.67. The zero-order valence-corrected chi connectivity index (χ0v) is 91.9. The predicted molar refractivity (Wildman–Crippen MR) is 558 cm³/mol. The number of thiophene rings is 2. The molecule has 8 aromatic carbocycles. The minimum atomic E-state index is -1.03. The smallest absolute Gasteiger partial charge is 0.870 e. The van der Waals surface area contributed by atoms with Crippen LogP contribution in [0.1, 0.15) is 152 Å². The largest absolute Gasteiger partial charge is 1.00 e. The zero-order chi connectivity index (χ0) is 111. The number of Topliss-reactive ketones (excluding diaryl/α,β-unsaturated/α-hetero) is 3. The number of carbonyl (C=O) groups excluding carboxylic acids is 10. The number of aldehydes is 1. The van der Waals surface area contributed by atoms with Crippen molar-refractivity contribution in [1.82, 2.24) is 10.0 Å². The van der Waals surface area contributed by atoms with Crippen molar-refractivity contribution in [2.45, 2.75) is 73.6 Å². The number of carboxylic acid groups (broad SMARTS) is 1. The first kappa shape index (κ1) is 144. The molecule has 2 aromatic heterocycles. The monoisotopic (exact) mass is 2240 g/mol. The third-order valence-electron chi connectivity index (χ3n) is 17.8. The molecule has 0 atom stereocenters. The number of rotatable bonds is 43. The van der Waals surface area contributed by atoms with Crippen LogP contribution >= 0.6 is 38.6 Å². The number of carboxylic acids is 1. The van der Waals surface area contributed by atoms with Gasteiger partial charge in [0.1, 0.15) is 44.7 Å². The van der Waals surface area contributed by atoms with Crippen LogP contribution in [0.15, 0.2) is 161 Å². The number of aliphatic hydroxyl groups excluding tert-OH is 7. The second kappa shape index (κ2) is 86.2. The molecule has 0 saturated carbocycles. The van der Waals surface area contributed by atoms with Gasteiger partial charge in [-0.1, -0.05) is 54.5 Å². The van der Waals surface area contributed by atoms with Gasteiger partial charge in [-0.3, -0.25) is 43.4 Å². The number of hydrogen-bond donors (Lipinski definition) is 12. The van der Waals surface area contributed by atoms with Gasteiger partial charge in [-0.15, -0.1) is 22.7 Å². The third kappa shape index (κ3) is 55.3. The fraction of sp³-hybridized carbons (Fsp3) is 0.373. The number of phenols is 1. The van der Waals surface area contributed by atoms with E-state index < -0.39 is 17.9 Å². The van der Waals surface area contributed by atoms with Crippen molar-refractivity contribution in [3.8, 4) is 69.0 Å². The number of carbonyl (C=O) groups is 11. The summed E-state index contributed by atoms with van der Waals surface area (Å²) in [7, 11) is 14.2. The van der Waals surface area contributed by atoms with Crippen molar-refractivity contribution in [2.75, 3.05) is 182 Å². The van der Waals surface area contributed by atoms with Crippen LogP contribution in [0.4, 0.5) is 8.78 Å². The van der Waals surface area contributed by atoms with Gasteiger partial charge in [-0.05, 0) is 149 Å². The first-order chi connectivity index (χ1) is 70.5. The first-order valence-electron chi connectivity index (χ1n) is 44.6. The van der Waals surface area contributed by atoms with E-state index in [1.54, 1.807) is 123 Å². The molecule has 0 fully saturated rings. The number of methoxy groups -OCH3 is 8. The minimum absolute atomic E-state index is 0. The van der Waals surface area contributed by atoms with E-state index in [4.69, 9.17) is 115 Å². The number of nitrogens with zero attached hydrogens (tertiary/aromatic N) is 3. The number of ether oxygens (including phenoxy) is 15. The molecule has 824 valence electrons. The van der Waals surface area contributed by atoms with E-state index in [-0.39, 0.29) is 258 Å². The number of aromatic carboxylic acids is 1. The summed E-state index contributed by atoms with van der Waals surface area (Å²) in [5.74, 6) is 5.27. The van der Waals surface area contributed by atoms with Gasteiger partial charge < -0.3 is 134 Å². The molecule has 10 rings (SSSR count). The molecule has 0 unspecified atom stereocenters. The summed E-state index contributed by atoms with van der Waals surface area (Å²) in [4.78, 5) is 125. The number of hydrazine groups is 1. The summed E-state index contributed by atoms with van der Waals surface area (Å²) in [6.07, 6.45) is 2.50. The van der Waals surface area contributed by atoms with Crippen molar-refractivity contribution in [3.63, 3.8) is 0 Å². The number of esters is 4. The van der Waals surface area contributed by atoms with E-state index in [1.165, 1.54) is 159 Å². The number of benzene rings is 8. The molecule has 0 bridgehead atoms. The molecular weight excluding hydrogens is 2110 g/mol. The summed E-state index contributed by atoms with van der Waals surface area (Å²) < 4.78 is 103. The number of hydrogen-bond acceptors (Lipinski definition) is 41. The average Bonchev–Trinajstić information content (AvgIpc) is 1.67. The molecule has 150 heavy (non-hydrogen) atoms. The molecule has 0 saturated heterocycles. The van der Waals surface area contributed by atoms with Crippen molar-refractivity contribution in [2.24, 2.45) is 22.4 Å². The average molecular weight is 2240 g/mol. The maximum Gasteiger partial charge on any atom is 1.00 e. The fourth-order valence-corrected chi connectivity index (χ4v) is 12.7. The van der Waals surface area contributed by atoms with Gasteiger partial charge >= 0.3 is 81.2 Å². The molecule has 2 heterocycles. The Bertz CT molecular complexity index is 5660. The van der Waals surface area contributed by atoms with Gasteiger partial charge in [0.25, 0.3) is 0 Å². The number of amides is 2. The number of aromatic hydroxyl groups is 1. The predicted octanol–water partition coefficient (Wildman–Crippen LogP) is 8.80. The van der Waals surface area contributed by atoms with Crippen LogP contribution in [0, 0.1) is 11.6 Å². The van der Waals surface area contributed by atoms with E-state index in [0.717, 1.165) is 28.8 Å². The van der Waals surface area contributed by atoms with Crippen LogP contribution in [-0.2, 0) is 38.1 Å². The van der Waals surface area contributed by atoms with Gasteiger partial charge in [0.15, 0.2) is 92.6 Å². The van der Waals surface area contributed by atoms with E-state index in [1.807, 2.05) is 6.92 Å². The number of phenolic OH excluding ortho intramolecular Hbond substituents is 1. The summed E-state index contributed by atoms with van der Waals surface area (Å²) in [6.45, 7) is 9.14. The number of aliphatic hydroxyl groups is 7. The van der Waals surface area contributed by atoms with Crippen molar-refractivity contribution in [3.05, 3.63) is 212 Å². The topological polar surface area (TPSA) is 635 Å². The van der Waals surface area contributed by atoms with E-state index >= 15 is 0 Å². The Balaban J connectivity index is -0.000000820. The van der Waals surface area contributed by atoms with Gasteiger partial charge in [0.2, 0.25) is 11.8 Å². The molecule has 0 spiro atoms. The molecule has 2 amide bonds. The number of alkyl halides is 1. The number of halogens is 3. The van der Waals surface area contributed by atoms with Crippen LogP contribution in [0.2, 0.25) is 0 Å². The maximum absolute atomic E-state index is 13.8. The molecule has 0 aliphatic carbocycles. The van der Waals surface area contributed by atoms with Gasteiger partial charge in [0, 0.05) is 107 Å². The number of nitrogens with two attached hydrogens (primary N) is 3. The van der Waals surface area contributed by atoms with Crippen molar-refractivity contribution < 1.29 is 235 Å².